The van der Waals surface area contributed by atoms with Crippen LogP contribution in [0.15, 0.2) is 30.7 Å². The Kier molecular flexibility index (Phi) is 4.63. The van der Waals surface area contributed by atoms with Crippen LogP contribution in [0.2, 0.25) is 0 Å². The molecule has 2 aromatic rings. The fourth-order valence-electron chi connectivity index (χ4n) is 2.17. The van der Waals surface area contributed by atoms with E-state index in [2.05, 4.69) is 28.9 Å². The number of aromatic nitrogens is 4. The van der Waals surface area contributed by atoms with Crippen molar-refractivity contribution in [2.45, 2.75) is 45.2 Å². The van der Waals surface area contributed by atoms with Gasteiger partial charge in [0.05, 0.1) is 17.8 Å². The average Bonchev–Trinajstić information content (AvgIpc) is 2.89. The van der Waals surface area contributed by atoms with Crippen LogP contribution < -0.4 is 5.73 Å². The number of hydrogen-bond acceptors (Lipinski definition) is 4. The maximum atomic E-state index is 6.10. The fourth-order valence-corrected chi connectivity index (χ4v) is 2.17. The van der Waals surface area contributed by atoms with E-state index in [0.29, 0.717) is 18.3 Å². The van der Waals surface area contributed by atoms with Gasteiger partial charge >= 0.3 is 0 Å². The third-order valence-corrected chi connectivity index (χ3v) is 3.33. The van der Waals surface area contributed by atoms with E-state index in [1.807, 2.05) is 16.9 Å². The summed E-state index contributed by atoms with van der Waals surface area (Å²) in [7, 11) is 0. The zero-order valence-corrected chi connectivity index (χ0v) is 11.5. The second kappa shape index (κ2) is 6.43. The van der Waals surface area contributed by atoms with Crippen LogP contribution in [-0.2, 0) is 6.42 Å². The summed E-state index contributed by atoms with van der Waals surface area (Å²) in [5.41, 5.74) is 7.10. The van der Waals surface area contributed by atoms with Gasteiger partial charge in [0.1, 0.15) is 5.82 Å². The molecule has 0 bridgehead atoms. The summed E-state index contributed by atoms with van der Waals surface area (Å²) < 4.78 is 2.04. The molecular weight excluding hydrogens is 238 g/mol. The summed E-state index contributed by atoms with van der Waals surface area (Å²) in [4.78, 5) is 8.36. The Morgan fingerprint density at radius 3 is 2.53 bits per heavy atom. The van der Waals surface area contributed by atoms with Crippen LogP contribution in [0.25, 0.3) is 0 Å². The van der Waals surface area contributed by atoms with Gasteiger partial charge in [-0.1, -0.05) is 13.8 Å². The van der Waals surface area contributed by atoms with Crippen LogP contribution in [-0.4, -0.2) is 19.7 Å². The molecule has 2 rings (SSSR count). The molecule has 0 aliphatic carbocycles. The fraction of sp³-hybridized carbons (Fsp3) is 0.500. The highest BCUT2D eigenvalue weighted by Gasteiger charge is 2.13. The zero-order chi connectivity index (χ0) is 13.7. The first-order valence-corrected chi connectivity index (χ1v) is 6.81. The van der Waals surface area contributed by atoms with Crippen LogP contribution in [0, 0.1) is 0 Å². The maximum absolute atomic E-state index is 6.10. The van der Waals surface area contributed by atoms with Gasteiger partial charge in [-0.2, -0.15) is 5.10 Å². The summed E-state index contributed by atoms with van der Waals surface area (Å²) in [6, 6.07) is 4.09. The molecule has 1 unspecified atom stereocenters. The van der Waals surface area contributed by atoms with Crippen LogP contribution in [0.1, 0.15) is 50.3 Å². The molecule has 2 aromatic heterocycles. The van der Waals surface area contributed by atoms with E-state index in [1.54, 1.807) is 18.5 Å². The Labute approximate surface area is 113 Å². The van der Waals surface area contributed by atoms with Crippen molar-refractivity contribution in [1.29, 1.82) is 0 Å². The molecular formula is C14H21N5. The molecule has 0 aliphatic rings. The van der Waals surface area contributed by atoms with E-state index < -0.39 is 0 Å². The van der Waals surface area contributed by atoms with E-state index in [9.17, 15) is 0 Å². The van der Waals surface area contributed by atoms with E-state index in [0.717, 1.165) is 18.5 Å². The molecule has 2 N–H and O–H groups in total. The van der Waals surface area contributed by atoms with Gasteiger partial charge in [0.2, 0.25) is 0 Å². The van der Waals surface area contributed by atoms with Crippen molar-refractivity contribution < 1.29 is 0 Å². The molecule has 19 heavy (non-hydrogen) atoms. The predicted molar refractivity (Wildman–Crippen MR) is 74.5 cm³/mol. The van der Waals surface area contributed by atoms with Crippen LogP contribution >= 0.6 is 0 Å². The van der Waals surface area contributed by atoms with Crippen molar-refractivity contribution >= 4 is 0 Å². The topological polar surface area (TPSA) is 69.6 Å². The van der Waals surface area contributed by atoms with Gasteiger partial charge in [-0.25, -0.2) is 9.97 Å². The molecule has 102 valence electrons. The van der Waals surface area contributed by atoms with E-state index in [1.165, 1.54) is 0 Å². The van der Waals surface area contributed by atoms with Crippen molar-refractivity contribution in [3.05, 3.63) is 42.2 Å². The Balaban J connectivity index is 2.04. The SMILES string of the molecule is CCC(CC)n1ccc(CC(N)c2ncccn2)n1. The van der Waals surface area contributed by atoms with Gasteiger partial charge in [0.25, 0.3) is 0 Å². The second-order valence-electron chi connectivity index (χ2n) is 4.68. The molecule has 0 radical (unpaired) electrons. The quantitative estimate of drug-likeness (QED) is 0.864. The van der Waals surface area contributed by atoms with E-state index in [-0.39, 0.29) is 6.04 Å². The smallest absolute Gasteiger partial charge is 0.145 e. The lowest BCUT2D eigenvalue weighted by Crippen LogP contribution is -2.17. The van der Waals surface area contributed by atoms with Crippen LogP contribution in [0.5, 0.6) is 0 Å². The van der Waals surface area contributed by atoms with Gasteiger partial charge in [-0.05, 0) is 25.0 Å². The molecule has 5 heteroatoms. The molecule has 0 saturated heterocycles. The lowest BCUT2D eigenvalue weighted by Gasteiger charge is -2.12. The maximum Gasteiger partial charge on any atom is 0.145 e. The molecule has 0 amide bonds. The molecule has 0 aromatic carbocycles. The molecule has 0 fully saturated rings. The number of hydrogen-bond donors (Lipinski definition) is 1. The monoisotopic (exact) mass is 259 g/mol. The number of rotatable bonds is 6. The Bertz CT molecular complexity index is 490. The lowest BCUT2D eigenvalue weighted by atomic mass is 10.1. The summed E-state index contributed by atoms with van der Waals surface area (Å²) in [6.45, 7) is 4.36. The number of nitrogens with two attached hydrogens (primary N) is 1. The standard InChI is InChI=1S/C14H21N5/c1-3-12(4-2)19-9-6-11(18-19)10-13(15)14-16-7-5-8-17-14/h5-9,12-13H,3-4,10,15H2,1-2H3. The van der Waals surface area contributed by atoms with E-state index in [4.69, 9.17) is 5.73 Å². The molecule has 2 heterocycles. The first-order valence-electron chi connectivity index (χ1n) is 6.81. The van der Waals surface area contributed by atoms with Gasteiger partial charge in [-0.15, -0.1) is 0 Å². The van der Waals surface area contributed by atoms with E-state index >= 15 is 0 Å². The van der Waals surface area contributed by atoms with Gasteiger partial charge in [0, 0.05) is 25.0 Å². The van der Waals surface area contributed by atoms with Gasteiger partial charge < -0.3 is 5.73 Å². The largest absolute Gasteiger partial charge is 0.321 e. The highest BCUT2D eigenvalue weighted by Crippen LogP contribution is 2.16. The molecule has 5 nitrogen and oxygen atoms in total. The van der Waals surface area contributed by atoms with Crippen molar-refractivity contribution in [2.24, 2.45) is 5.73 Å². The minimum atomic E-state index is -0.203. The highest BCUT2D eigenvalue weighted by molar-refractivity contribution is 5.06. The van der Waals surface area contributed by atoms with Crippen LogP contribution in [0.3, 0.4) is 0 Å². The third-order valence-electron chi connectivity index (χ3n) is 3.33. The Morgan fingerprint density at radius 2 is 1.89 bits per heavy atom. The predicted octanol–water partition coefficient (Wildman–Crippen LogP) is 2.28. The average molecular weight is 259 g/mol. The Morgan fingerprint density at radius 1 is 1.21 bits per heavy atom. The Hall–Kier alpha value is -1.75. The molecule has 0 saturated carbocycles. The van der Waals surface area contributed by atoms with Crippen molar-refractivity contribution in [3.8, 4) is 0 Å². The second-order valence-corrected chi connectivity index (χ2v) is 4.68. The molecule has 1 atom stereocenters. The minimum absolute atomic E-state index is 0.203. The molecule has 0 spiro atoms. The van der Waals surface area contributed by atoms with Crippen molar-refractivity contribution in [2.75, 3.05) is 0 Å². The molecule has 0 aliphatic heterocycles. The summed E-state index contributed by atoms with van der Waals surface area (Å²) in [5.74, 6) is 0.666. The van der Waals surface area contributed by atoms with Crippen molar-refractivity contribution in [1.82, 2.24) is 19.7 Å². The zero-order valence-electron chi connectivity index (χ0n) is 11.5. The minimum Gasteiger partial charge on any atom is -0.321 e. The summed E-state index contributed by atoms with van der Waals surface area (Å²) in [5, 5.41) is 4.60. The number of nitrogens with zero attached hydrogens (tertiary/aromatic N) is 4. The van der Waals surface area contributed by atoms with Gasteiger partial charge in [0.15, 0.2) is 0 Å². The summed E-state index contributed by atoms with van der Waals surface area (Å²) >= 11 is 0. The lowest BCUT2D eigenvalue weighted by molar-refractivity contribution is 0.424. The van der Waals surface area contributed by atoms with Gasteiger partial charge in [-0.3, -0.25) is 4.68 Å². The first-order chi connectivity index (χ1) is 9.24. The normalized spacial score (nSPS) is 12.8. The first kappa shape index (κ1) is 13.7. The van der Waals surface area contributed by atoms with Crippen molar-refractivity contribution in [3.63, 3.8) is 0 Å². The highest BCUT2D eigenvalue weighted by atomic mass is 15.3. The summed E-state index contributed by atoms with van der Waals surface area (Å²) in [6.07, 6.45) is 8.30. The third kappa shape index (κ3) is 3.38. The van der Waals surface area contributed by atoms with Crippen LogP contribution in [0.4, 0.5) is 0 Å².